The van der Waals surface area contributed by atoms with E-state index in [4.69, 9.17) is 14.4 Å². The molecule has 0 spiro atoms. The van der Waals surface area contributed by atoms with Gasteiger partial charge in [0.05, 0.1) is 36.7 Å². The third kappa shape index (κ3) is 9.57. The second kappa shape index (κ2) is 18.3. The first-order valence-corrected chi connectivity index (χ1v) is 25.4. The van der Waals surface area contributed by atoms with Gasteiger partial charge in [0.25, 0.3) is 0 Å². The molecule has 0 atom stereocenters. The Labute approximate surface area is 388 Å². The van der Waals surface area contributed by atoms with Crippen molar-refractivity contribution in [1.29, 1.82) is 0 Å². The third-order valence-corrected chi connectivity index (χ3v) is 13.6. The molecule has 323 valence electrons. The molecule has 4 aromatic heterocycles. The molecule has 0 saturated carbocycles. The maximum Gasteiger partial charge on any atom is 0.121 e. The number of pyridine rings is 2. The van der Waals surface area contributed by atoms with Crippen molar-refractivity contribution in [2.24, 2.45) is 5.41 Å². The summed E-state index contributed by atoms with van der Waals surface area (Å²) in [5.74, 6) is 1.37. The number of furan rings is 1. The molecule has 0 unspecified atom stereocenters. The Hall–Kier alpha value is -5.46. The van der Waals surface area contributed by atoms with Crippen LogP contribution in [0, 0.1) is 24.5 Å². The van der Waals surface area contributed by atoms with E-state index < -0.39 is 8.07 Å². The van der Waals surface area contributed by atoms with E-state index in [1.165, 1.54) is 38.6 Å². The van der Waals surface area contributed by atoms with Crippen LogP contribution >= 0.6 is 0 Å². The normalized spacial score (nSPS) is 12.0. The molecule has 0 amide bonds. The summed E-state index contributed by atoms with van der Waals surface area (Å²) < 4.78 is 8.83. The van der Waals surface area contributed by atoms with E-state index in [1.54, 1.807) is 0 Å². The first-order valence-electron chi connectivity index (χ1n) is 21.9. The first kappa shape index (κ1) is 45.6. The molecule has 7 heteroatoms. The Kier molecular flexibility index (Phi) is 13.3. The predicted octanol–water partition coefficient (Wildman–Crippen LogP) is 14.7. The van der Waals surface area contributed by atoms with Crippen LogP contribution < -0.4 is 5.19 Å². The monoisotopic (exact) mass is 1020 g/mol. The molecular weight excluding hydrogens is 965 g/mol. The summed E-state index contributed by atoms with van der Waals surface area (Å²) in [5, 5.41) is 3.65. The summed E-state index contributed by atoms with van der Waals surface area (Å²) in [6, 6.07) is 44.9. The maximum atomic E-state index is 6.54. The third-order valence-electron chi connectivity index (χ3n) is 11.5. The van der Waals surface area contributed by atoms with Crippen molar-refractivity contribution in [2.45, 2.75) is 93.3 Å². The largest absolute Gasteiger partial charge is 0.501 e. The van der Waals surface area contributed by atoms with Gasteiger partial charge in [0.15, 0.2) is 0 Å². The van der Waals surface area contributed by atoms with Crippen LogP contribution in [0.25, 0.3) is 72.4 Å². The smallest absolute Gasteiger partial charge is 0.121 e. The van der Waals surface area contributed by atoms with Crippen LogP contribution in [0.3, 0.4) is 0 Å². The zero-order chi connectivity index (χ0) is 43.9. The number of benzene rings is 5. The quantitative estimate of drug-likeness (QED) is 0.112. The van der Waals surface area contributed by atoms with Crippen molar-refractivity contribution in [1.82, 2.24) is 19.5 Å². The molecule has 0 aliphatic rings. The number of imidazole rings is 1. The van der Waals surface area contributed by atoms with Crippen LogP contribution in [-0.4, -0.2) is 27.6 Å². The Morgan fingerprint density at radius 3 is 2.11 bits per heavy atom. The zero-order valence-corrected chi connectivity index (χ0v) is 41.9. The van der Waals surface area contributed by atoms with Crippen molar-refractivity contribution >= 4 is 46.2 Å². The fourth-order valence-corrected chi connectivity index (χ4v) is 10.1. The number of fused-ring (bicyclic) bond motifs is 4. The van der Waals surface area contributed by atoms with Gasteiger partial charge in [-0.15, -0.1) is 54.1 Å². The van der Waals surface area contributed by atoms with Crippen LogP contribution in [0.1, 0.15) is 82.6 Å². The van der Waals surface area contributed by atoms with Gasteiger partial charge >= 0.3 is 0 Å². The molecule has 4 heterocycles. The predicted molar refractivity (Wildman–Crippen MR) is 263 cm³/mol. The van der Waals surface area contributed by atoms with E-state index in [0.717, 1.165) is 67.7 Å². The van der Waals surface area contributed by atoms with Gasteiger partial charge in [0, 0.05) is 43.6 Å². The van der Waals surface area contributed by atoms with Crippen LogP contribution in [0.5, 0.6) is 0 Å². The van der Waals surface area contributed by atoms with Crippen LogP contribution in [-0.2, 0) is 26.5 Å². The molecule has 1 radical (unpaired) electrons. The molecular formula is C56H58IrN4OSi-2. The molecule has 9 rings (SSSR count). The molecule has 0 saturated heterocycles. The molecule has 0 fully saturated rings. The minimum atomic E-state index is -1.37. The van der Waals surface area contributed by atoms with E-state index in [9.17, 15) is 0 Å². The van der Waals surface area contributed by atoms with E-state index >= 15 is 0 Å². The van der Waals surface area contributed by atoms with E-state index in [0.29, 0.717) is 0 Å². The van der Waals surface area contributed by atoms with Gasteiger partial charge in [-0.25, -0.2) is 0 Å². The number of hydrogen-bond acceptors (Lipinski definition) is 4. The van der Waals surface area contributed by atoms with Crippen LogP contribution in [0.2, 0.25) is 19.6 Å². The summed E-state index contributed by atoms with van der Waals surface area (Å²) in [5.41, 5.74) is 15.6. The summed E-state index contributed by atoms with van der Waals surface area (Å²) >= 11 is 0. The Morgan fingerprint density at radius 1 is 0.746 bits per heavy atom. The topological polar surface area (TPSA) is 56.7 Å². The maximum absolute atomic E-state index is 6.54. The van der Waals surface area contributed by atoms with Crippen molar-refractivity contribution in [2.75, 3.05) is 0 Å². The fourth-order valence-electron chi connectivity index (χ4n) is 8.54. The minimum absolute atomic E-state index is 0. The molecule has 9 aromatic rings. The average molecular weight is 1020 g/mol. The molecule has 0 bridgehead atoms. The van der Waals surface area contributed by atoms with Gasteiger partial charge in [0.2, 0.25) is 0 Å². The molecule has 0 N–H and O–H groups in total. The molecule has 0 aliphatic heterocycles. The van der Waals surface area contributed by atoms with Gasteiger partial charge in [-0.05, 0) is 93.6 Å². The molecule has 5 nitrogen and oxygen atoms in total. The Morgan fingerprint density at radius 2 is 1.46 bits per heavy atom. The first-order chi connectivity index (χ1) is 29.6. The van der Waals surface area contributed by atoms with Gasteiger partial charge in [-0.1, -0.05) is 133 Å². The van der Waals surface area contributed by atoms with Crippen molar-refractivity contribution in [3.63, 3.8) is 0 Å². The van der Waals surface area contributed by atoms with Gasteiger partial charge in [0.1, 0.15) is 5.58 Å². The summed E-state index contributed by atoms with van der Waals surface area (Å²) in [6.07, 6.45) is 6.94. The number of hydrogen-bond donors (Lipinski definition) is 0. The van der Waals surface area contributed by atoms with Gasteiger partial charge < -0.3 is 14.0 Å². The second-order valence-electron chi connectivity index (χ2n) is 19.5. The van der Waals surface area contributed by atoms with E-state index in [2.05, 4.69) is 182 Å². The summed E-state index contributed by atoms with van der Waals surface area (Å²) in [7, 11) is -1.37. The average Bonchev–Trinajstić information content (AvgIpc) is 3.81. The second-order valence-corrected chi connectivity index (χ2v) is 24.5. The molecule has 0 aliphatic carbocycles. The van der Waals surface area contributed by atoms with Crippen molar-refractivity contribution < 1.29 is 24.5 Å². The number of aryl methyl sites for hydroxylation is 1. The Bertz CT molecular complexity index is 3000. The SMILES string of the molecule is CC(C)(C)Cc1cc(-c2[c-]cccc2)ncc1[Si](C)(C)C.Cc1ccc2c(c1)oc1c(-c3nc4ccncc4n3-c3c(C(C)C)cc(-c4ccccc4)cc3C(C)C)[c-]ccc12.[Ir]. The number of aromatic nitrogens is 4. The summed E-state index contributed by atoms with van der Waals surface area (Å²) in [4.78, 5) is 14.5. The van der Waals surface area contributed by atoms with E-state index in [-0.39, 0.29) is 37.4 Å². The molecule has 5 aromatic carbocycles. The molecule has 63 heavy (non-hydrogen) atoms. The number of nitrogens with zero attached hydrogens (tertiary/aromatic N) is 4. The van der Waals surface area contributed by atoms with Crippen molar-refractivity contribution in [3.05, 3.63) is 162 Å². The van der Waals surface area contributed by atoms with Gasteiger partial charge in [-0.2, -0.15) is 0 Å². The minimum Gasteiger partial charge on any atom is -0.501 e. The standard InChI is InChI=1S/C37H32N3O.C19H26NSi.Ir/c1-22(2)30-19-26(25-10-7-6-8-11-25)20-31(23(3)4)35(30)40-33-21-38-17-16-32(33)39-37(40)29-13-9-12-28-27-15-14-24(5)18-34(27)41-36(28)29;1-19(2,3)13-16-12-17(15-10-8-7-9-11-15)20-14-18(16)21(4,5)6;/h6-12,14-23H,1-5H3;7-10,12,14H,13H2,1-6H3;/q2*-1;. The van der Waals surface area contributed by atoms with Gasteiger partial charge in [-0.3, -0.25) is 9.97 Å². The summed E-state index contributed by atoms with van der Waals surface area (Å²) in [6.45, 7) is 25.2. The Balaban J connectivity index is 0.000000229. The zero-order valence-electron chi connectivity index (χ0n) is 38.5. The fraction of sp³-hybridized carbons (Fsp3) is 0.268. The number of rotatable bonds is 8. The van der Waals surface area contributed by atoms with Crippen LogP contribution in [0.4, 0.5) is 0 Å². The van der Waals surface area contributed by atoms with Crippen LogP contribution in [0.15, 0.2) is 132 Å². The van der Waals surface area contributed by atoms with E-state index in [1.807, 2.05) is 42.7 Å². The van der Waals surface area contributed by atoms with Crippen molar-refractivity contribution in [3.8, 4) is 39.5 Å².